The predicted octanol–water partition coefficient (Wildman–Crippen LogP) is -1.96. The van der Waals surface area contributed by atoms with Gasteiger partial charge in [0, 0.05) is 54.1 Å². The van der Waals surface area contributed by atoms with Crippen LogP contribution < -0.4 is 21.7 Å². The Bertz CT molecular complexity index is 1440. The number of aliphatic hydroxyl groups is 1. The first kappa shape index (κ1) is 29.5. The highest BCUT2D eigenvalue weighted by Gasteiger charge is 2.54. The average molecular weight is 634 g/mol. The summed E-state index contributed by atoms with van der Waals surface area (Å²) >= 11 is 2.04. The normalized spacial score (nSPS) is 31.0. The van der Waals surface area contributed by atoms with Gasteiger partial charge in [-0.3, -0.25) is 19.3 Å². The van der Waals surface area contributed by atoms with E-state index in [1.165, 1.54) is 11.8 Å². The molecule has 0 bridgehead atoms. The van der Waals surface area contributed by atoms with Gasteiger partial charge in [0.25, 0.3) is 11.8 Å². The molecule has 18 heteroatoms. The maximum Gasteiger partial charge on any atom is 0.352 e. The van der Waals surface area contributed by atoms with Crippen LogP contribution in [0, 0.1) is 0 Å². The van der Waals surface area contributed by atoms with Crippen molar-refractivity contribution in [2.24, 2.45) is 5.16 Å². The van der Waals surface area contributed by atoms with E-state index in [-0.39, 0.29) is 46.4 Å². The molecule has 6 heterocycles. The fourth-order valence-corrected chi connectivity index (χ4v) is 8.08. The molecule has 16 nitrogen and oxygen atoms in total. The van der Waals surface area contributed by atoms with Crippen LogP contribution >= 0.6 is 23.3 Å². The second kappa shape index (κ2) is 11.8. The quantitative estimate of drug-likeness (QED) is 0.0542. The molecule has 5 aliphatic rings. The van der Waals surface area contributed by atoms with Gasteiger partial charge in [-0.1, -0.05) is 5.16 Å². The number of rotatable bonds is 8. The number of nitrogens with two attached hydrogens (primary N) is 1. The first-order valence-electron chi connectivity index (χ1n) is 13.9. The molecular formula is C25H31N9O7S2. The lowest BCUT2D eigenvalue weighted by Gasteiger charge is -2.49. The number of aliphatic carboxylic acids is 1. The SMILES string of the molecule is Nc1nc(/C(=N/O)C(=O)N[C@@H]2C(=O)N3C(C(=O)O)=C(/C=C4\CCN(C5CNC(C(O)C6CCCN6)C5)C4=O)CS[C@H]23)ns1. The standard InChI is InChI=1S/C25H31N9O7S2/c26-25-30-19(32-43-25)15(31-41)20(36)29-16-22(38)34-17(24(39)40)11(9-42-23(16)34)6-10-3-5-33(21(10)37)12-7-14(28-8-12)18(35)13-2-1-4-27-13/h6,12-14,16,18,23,27-28,35,41H,1-5,7-9H2,(H,29,36)(H,39,40)(H2,26,30,32)/b10-6+,31-15-/t12?,13?,14?,16-,18?,23-/m1/s1. The van der Waals surface area contributed by atoms with Crippen LogP contribution in [0.2, 0.25) is 0 Å². The van der Waals surface area contributed by atoms with E-state index in [0.717, 1.165) is 35.8 Å². The summed E-state index contributed by atoms with van der Waals surface area (Å²) in [7, 11) is 0. The number of likely N-dealkylation sites (tertiary alicyclic amines) is 1. The van der Waals surface area contributed by atoms with Crippen LogP contribution in [-0.2, 0) is 19.2 Å². The number of aliphatic hydroxyl groups excluding tert-OH is 1. The van der Waals surface area contributed by atoms with Crippen molar-refractivity contribution >= 4 is 57.8 Å². The Morgan fingerprint density at radius 1 is 1.26 bits per heavy atom. The number of oxime groups is 1. The first-order chi connectivity index (χ1) is 20.7. The Morgan fingerprint density at radius 2 is 2.07 bits per heavy atom. The number of nitrogens with one attached hydrogen (secondary N) is 3. The molecule has 4 saturated heterocycles. The third kappa shape index (κ3) is 5.37. The molecule has 6 atom stereocenters. The Labute approximate surface area is 253 Å². The lowest BCUT2D eigenvalue weighted by Crippen LogP contribution is -2.71. The Kier molecular flexibility index (Phi) is 8.12. The Morgan fingerprint density at radius 3 is 2.74 bits per heavy atom. The van der Waals surface area contributed by atoms with E-state index in [0.29, 0.717) is 37.1 Å². The number of carbonyl (C=O) groups is 4. The molecule has 1 aromatic heterocycles. The van der Waals surface area contributed by atoms with Crippen LogP contribution in [-0.4, -0.2) is 125 Å². The minimum absolute atomic E-state index is 0.0475. The summed E-state index contributed by atoms with van der Waals surface area (Å²) in [6.45, 7) is 1.94. The van der Waals surface area contributed by atoms with Gasteiger partial charge in [0.1, 0.15) is 17.1 Å². The van der Waals surface area contributed by atoms with Crippen molar-refractivity contribution in [3.05, 3.63) is 28.7 Å². The smallest absolute Gasteiger partial charge is 0.352 e. The fraction of sp³-hybridized carbons (Fsp3) is 0.560. The molecule has 230 valence electrons. The summed E-state index contributed by atoms with van der Waals surface area (Å²) in [6.07, 6.45) is 4.04. The van der Waals surface area contributed by atoms with Crippen LogP contribution in [0.5, 0.6) is 0 Å². The van der Waals surface area contributed by atoms with Crippen molar-refractivity contribution < 1.29 is 34.6 Å². The largest absolute Gasteiger partial charge is 0.477 e. The number of fused-ring (bicyclic) bond motifs is 1. The zero-order chi connectivity index (χ0) is 30.4. The number of nitrogen functional groups attached to an aromatic ring is 1. The van der Waals surface area contributed by atoms with E-state index in [1.807, 2.05) is 0 Å². The number of carboxylic acids is 1. The van der Waals surface area contributed by atoms with E-state index >= 15 is 0 Å². The zero-order valence-electron chi connectivity index (χ0n) is 22.8. The van der Waals surface area contributed by atoms with Crippen LogP contribution in [0.1, 0.15) is 31.5 Å². The number of anilines is 1. The van der Waals surface area contributed by atoms with Gasteiger partial charge in [-0.2, -0.15) is 9.36 Å². The van der Waals surface area contributed by atoms with Crippen molar-refractivity contribution in [3.8, 4) is 0 Å². The molecule has 0 saturated carbocycles. The molecule has 4 fully saturated rings. The molecule has 8 N–H and O–H groups in total. The monoisotopic (exact) mass is 633 g/mol. The van der Waals surface area contributed by atoms with Gasteiger partial charge >= 0.3 is 5.97 Å². The molecule has 3 amide bonds. The van der Waals surface area contributed by atoms with Gasteiger partial charge in [-0.25, -0.2) is 4.79 Å². The molecule has 0 radical (unpaired) electrons. The lowest BCUT2D eigenvalue weighted by atomic mass is 9.99. The number of hydrogen-bond donors (Lipinski definition) is 7. The van der Waals surface area contributed by atoms with Crippen LogP contribution in [0.25, 0.3) is 0 Å². The van der Waals surface area contributed by atoms with Crippen molar-refractivity contribution in [3.63, 3.8) is 0 Å². The van der Waals surface area contributed by atoms with E-state index in [1.54, 1.807) is 11.0 Å². The predicted molar refractivity (Wildman–Crippen MR) is 154 cm³/mol. The summed E-state index contributed by atoms with van der Waals surface area (Å²) in [4.78, 5) is 58.2. The fourth-order valence-electron chi connectivity index (χ4n) is 6.34. The molecule has 5 aliphatic heterocycles. The number of carboxylic acid groups (broad SMARTS) is 1. The second-order valence-electron chi connectivity index (χ2n) is 11.0. The highest BCUT2D eigenvalue weighted by Crippen LogP contribution is 2.41. The lowest BCUT2D eigenvalue weighted by molar-refractivity contribution is -0.150. The van der Waals surface area contributed by atoms with E-state index in [9.17, 15) is 34.6 Å². The maximum atomic E-state index is 13.4. The van der Waals surface area contributed by atoms with Gasteiger partial charge in [0.2, 0.25) is 17.4 Å². The topological polar surface area (TPSA) is 236 Å². The Balaban J connectivity index is 1.13. The summed E-state index contributed by atoms with van der Waals surface area (Å²) < 4.78 is 3.83. The molecule has 6 rings (SSSR count). The average Bonchev–Trinajstić information content (AvgIpc) is 3.81. The van der Waals surface area contributed by atoms with E-state index in [2.05, 4.69) is 30.5 Å². The highest BCUT2D eigenvalue weighted by atomic mass is 32.2. The maximum absolute atomic E-state index is 13.4. The molecule has 0 spiro atoms. The van der Waals surface area contributed by atoms with Crippen molar-refractivity contribution in [2.45, 2.75) is 61.3 Å². The second-order valence-corrected chi connectivity index (χ2v) is 12.8. The number of nitrogens with zero attached hydrogens (tertiary/aromatic N) is 5. The third-order valence-corrected chi connectivity index (χ3v) is 10.3. The number of amides is 3. The molecular weight excluding hydrogens is 602 g/mol. The molecule has 4 unspecified atom stereocenters. The summed E-state index contributed by atoms with van der Waals surface area (Å²) in [5.41, 5.74) is 5.56. The first-order valence-corrected chi connectivity index (χ1v) is 15.7. The summed E-state index contributed by atoms with van der Waals surface area (Å²) in [5, 5.41) is 41.5. The molecule has 43 heavy (non-hydrogen) atoms. The summed E-state index contributed by atoms with van der Waals surface area (Å²) in [6, 6.07) is -1.22. The zero-order valence-corrected chi connectivity index (χ0v) is 24.4. The van der Waals surface area contributed by atoms with Crippen molar-refractivity contribution in [1.29, 1.82) is 0 Å². The number of thioether (sulfide) groups is 1. The van der Waals surface area contributed by atoms with Gasteiger partial charge in [-0.05, 0) is 43.9 Å². The van der Waals surface area contributed by atoms with Crippen molar-refractivity contribution in [2.75, 3.05) is 31.1 Å². The van der Waals surface area contributed by atoms with E-state index < -0.39 is 41.0 Å². The van der Waals surface area contributed by atoms with Gasteiger partial charge in [-0.15, -0.1) is 11.8 Å². The van der Waals surface area contributed by atoms with Crippen LogP contribution in [0.3, 0.4) is 0 Å². The van der Waals surface area contributed by atoms with Gasteiger partial charge < -0.3 is 42.0 Å². The van der Waals surface area contributed by atoms with Crippen molar-refractivity contribution in [1.82, 2.24) is 35.1 Å². The number of hydrogen-bond acceptors (Lipinski definition) is 14. The van der Waals surface area contributed by atoms with Crippen LogP contribution in [0.15, 0.2) is 28.1 Å². The highest BCUT2D eigenvalue weighted by molar-refractivity contribution is 8.00. The number of carbonyl (C=O) groups excluding carboxylic acids is 3. The van der Waals surface area contributed by atoms with Crippen LogP contribution in [0.4, 0.5) is 5.13 Å². The van der Waals surface area contributed by atoms with Gasteiger partial charge in [0.05, 0.1) is 6.10 Å². The van der Waals surface area contributed by atoms with Gasteiger partial charge in [0.15, 0.2) is 5.13 Å². The van der Waals surface area contributed by atoms with E-state index in [4.69, 9.17) is 5.73 Å². The molecule has 0 aliphatic carbocycles. The molecule has 1 aromatic rings. The third-order valence-electron chi connectivity index (χ3n) is 8.47. The minimum Gasteiger partial charge on any atom is -0.477 e. The Hall–Kier alpha value is -3.58. The summed E-state index contributed by atoms with van der Waals surface area (Å²) in [5.74, 6) is -3.09. The number of β-lactam (4-membered cyclic amide) rings is 1. The minimum atomic E-state index is -1.32. The number of allylic oxidation sites excluding steroid dienone is 1. The molecule has 0 aromatic carbocycles. The number of aromatic nitrogens is 2.